The Kier molecular flexibility index (Phi) is 4.58. The Hall–Kier alpha value is -6.19. The molecular weight excluding hydrogens is 562 g/mol. The molecule has 1 aliphatic rings. The van der Waals surface area contributed by atoms with Gasteiger partial charge in [-0.15, -0.1) is 0 Å². The molecule has 0 N–H and O–H groups in total. The van der Waals surface area contributed by atoms with Crippen molar-refractivity contribution in [3.05, 3.63) is 140 Å². The molecule has 11 rings (SSSR count). The van der Waals surface area contributed by atoms with Crippen LogP contribution in [0.4, 0.5) is 0 Å². The molecule has 0 fully saturated rings. The minimum Gasteiger partial charge on any atom is -0.455 e. The van der Waals surface area contributed by atoms with Crippen molar-refractivity contribution in [2.24, 2.45) is 0 Å². The highest BCUT2D eigenvalue weighted by atomic mass is 16.3. The van der Waals surface area contributed by atoms with Gasteiger partial charge in [-0.05, 0) is 85.1 Å². The van der Waals surface area contributed by atoms with Gasteiger partial charge in [0, 0.05) is 27.3 Å². The molecule has 0 amide bonds. The fraction of sp³-hybridized carbons (Fsp3) is 0. The monoisotopic (exact) mass is 585 g/mol. The van der Waals surface area contributed by atoms with E-state index in [1.807, 2.05) is 36.4 Å². The molecule has 8 aromatic carbocycles. The molecule has 2 aromatic heterocycles. The zero-order chi connectivity index (χ0) is 29.9. The van der Waals surface area contributed by atoms with E-state index >= 15 is 0 Å². The summed E-state index contributed by atoms with van der Waals surface area (Å²) in [6.45, 7) is 0. The number of hydrogen-bond acceptors (Lipinski definition) is 3. The number of furan rings is 1. The molecule has 3 nitrogen and oxygen atoms in total. The predicted molar refractivity (Wildman–Crippen MR) is 189 cm³/mol. The lowest BCUT2D eigenvalue weighted by molar-refractivity contribution is 0.623. The average Bonchev–Trinajstić information content (AvgIpc) is 3.81. The van der Waals surface area contributed by atoms with Gasteiger partial charge < -0.3 is 8.83 Å². The number of fused-ring (bicyclic) bond motifs is 12. The molecule has 212 valence electrons. The lowest BCUT2D eigenvalue weighted by Gasteiger charge is -2.14. The van der Waals surface area contributed by atoms with Crippen molar-refractivity contribution in [2.75, 3.05) is 0 Å². The predicted octanol–water partition coefficient (Wildman–Crippen LogP) is 12.2. The number of para-hydroxylation sites is 1. The third-order valence-electron chi connectivity index (χ3n) is 9.81. The third kappa shape index (κ3) is 3.09. The fourth-order valence-corrected chi connectivity index (χ4v) is 7.86. The summed E-state index contributed by atoms with van der Waals surface area (Å²) in [4.78, 5) is 5.10. The number of nitrogens with zero attached hydrogens (tertiary/aromatic N) is 1. The zero-order valence-electron chi connectivity index (χ0n) is 24.5. The second kappa shape index (κ2) is 8.71. The van der Waals surface area contributed by atoms with E-state index < -0.39 is 0 Å². The van der Waals surface area contributed by atoms with Gasteiger partial charge in [-0.1, -0.05) is 109 Å². The first-order valence-electron chi connectivity index (χ1n) is 15.6. The molecule has 0 atom stereocenters. The van der Waals surface area contributed by atoms with Crippen LogP contribution in [0.15, 0.2) is 148 Å². The van der Waals surface area contributed by atoms with Gasteiger partial charge in [-0.25, -0.2) is 4.98 Å². The number of hydrogen-bond donors (Lipinski definition) is 0. The van der Waals surface area contributed by atoms with Gasteiger partial charge in [0.1, 0.15) is 16.7 Å². The second-order valence-corrected chi connectivity index (χ2v) is 12.2. The molecule has 3 heteroatoms. The maximum atomic E-state index is 6.82. The van der Waals surface area contributed by atoms with Crippen LogP contribution < -0.4 is 0 Å². The van der Waals surface area contributed by atoms with Crippen LogP contribution in [0.1, 0.15) is 0 Å². The highest BCUT2D eigenvalue weighted by Gasteiger charge is 2.29. The van der Waals surface area contributed by atoms with Crippen LogP contribution in [0, 0.1) is 0 Å². The molecule has 46 heavy (non-hydrogen) atoms. The molecule has 0 saturated carbocycles. The van der Waals surface area contributed by atoms with E-state index in [1.165, 1.54) is 38.4 Å². The van der Waals surface area contributed by atoms with E-state index in [1.54, 1.807) is 0 Å². The Balaban J connectivity index is 1.33. The minimum absolute atomic E-state index is 0.622. The van der Waals surface area contributed by atoms with Crippen molar-refractivity contribution in [2.45, 2.75) is 0 Å². The summed E-state index contributed by atoms with van der Waals surface area (Å²) in [5.41, 5.74) is 11.5. The lowest BCUT2D eigenvalue weighted by atomic mass is 9.88. The number of oxazole rings is 1. The normalized spacial score (nSPS) is 12.3. The fourth-order valence-electron chi connectivity index (χ4n) is 7.86. The molecule has 0 aliphatic heterocycles. The van der Waals surface area contributed by atoms with Crippen molar-refractivity contribution in [3.8, 4) is 44.8 Å². The Morgan fingerprint density at radius 1 is 0.413 bits per heavy atom. The summed E-state index contributed by atoms with van der Waals surface area (Å²) in [5, 5.41) is 9.28. The molecule has 2 heterocycles. The maximum Gasteiger partial charge on any atom is 0.227 e. The van der Waals surface area contributed by atoms with Crippen LogP contribution in [0.25, 0.3) is 110 Å². The van der Waals surface area contributed by atoms with Crippen LogP contribution in [0.5, 0.6) is 0 Å². The van der Waals surface area contributed by atoms with Gasteiger partial charge in [-0.2, -0.15) is 0 Å². The summed E-state index contributed by atoms with van der Waals surface area (Å²) < 4.78 is 13.5. The molecule has 0 saturated heterocycles. The molecule has 0 spiro atoms. The summed E-state index contributed by atoms with van der Waals surface area (Å²) in [6, 6.07) is 49.4. The topological polar surface area (TPSA) is 39.2 Å². The van der Waals surface area contributed by atoms with Gasteiger partial charge in [0.05, 0.1) is 0 Å². The molecule has 0 radical (unpaired) electrons. The first-order chi connectivity index (χ1) is 22.8. The Morgan fingerprint density at radius 2 is 1.17 bits per heavy atom. The highest BCUT2D eigenvalue weighted by molar-refractivity contribution is 6.29. The molecule has 1 aliphatic carbocycles. The summed E-state index contributed by atoms with van der Waals surface area (Å²) in [7, 11) is 0. The molecule has 10 aromatic rings. The van der Waals surface area contributed by atoms with E-state index in [0.29, 0.717) is 5.89 Å². The van der Waals surface area contributed by atoms with Crippen molar-refractivity contribution in [1.82, 2.24) is 4.98 Å². The van der Waals surface area contributed by atoms with E-state index in [4.69, 9.17) is 13.8 Å². The highest BCUT2D eigenvalue weighted by Crippen LogP contribution is 2.55. The molecule has 0 unspecified atom stereocenters. The standard InChI is InChI=1S/C43H23NO2/c1-2-11-26(12-3-1)43-44-35-23-32(29-21-20-24-10-4-5-15-27(24)38(29)41(35)46-43)34-22-33-28-17-8-13-25-14-9-18-31(37(25)28)40(33)42-39(34)30-16-6-7-19-36(30)45-42/h1-23H. The van der Waals surface area contributed by atoms with Crippen LogP contribution in [0.2, 0.25) is 0 Å². The third-order valence-corrected chi connectivity index (χ3v) is 9.81. The van der Waals surface area contributed by atoms with Gasteiger partial charge in [0.25, 0.3) is 0 Å². The van der Waals surface area contributed by atoms with Crippen molar-refractivity contribution in [1.29, 1.82) is 0 Å². The zero-order valence-corrected chi connectivity index (χ0v) is 24.5. The maximum absolute atomic E-state index is 6.82. The first kappa shape index (κ1) is 24.2. The van der Waals surface area contributed by atoms with Crippen LogP contribution in [0.3, 0.4) is 0 Å². The minimum atomic E-state index is 0.622. The SMILES string of the molecule is c1ccc(-c2nc3cc(-c4cc5c(c6oc7ccccc7c46)-c4cccc6cccc-5c46)c4ccc5ccccc5c4c3o2)cc1. The summed E-state index contributed by atoms with van der Waals surface area (Å²) in [6.07, 6.45) is 0. The first-order valence-corrected chi connectivity index (χ1v) is 15.6. The molecule has 0 bridgehead atoms. The van der Waals surface area contributed by atoms with Gasteiger partial charge in [0.2, 0.25) is 5.89 Å². The Labute approximate surface area is 262 Å². The number of benzene rings is 8. The largest absolute Gasteiger partial charge is 0.455 e. The second-order valence-electron chi connectivity index (χ2n) is 12.2. The Morgan fingerprint density at radius 3 is 2.07 bits per heavy atom. The smallest absolute Gasteiger partial charge is 0.227 e. The quantitative estimate of drug-likeness (QED) is 0.189. The summed E-state index contributed by atoms with van der Waals surface area (Å²) in [5.74, 6) is 0.622. The lowest BCUT2D eigenvalue weighted by Crippen LogP contribution is -1.89. The van der Waals surface area contributed by atoms with Gasteiger partial charge in [-0.3, -0.25) is 0 Å². The van der Waals surface area contributed by atoms with E-state index in [-0.39, 0.29) is 0 Å². The van der Waals surface area contributed by atoms with Crippen molar-refractivity contribution >= 4 is 65.4 Å². The Bertz CT molecular complexity index is 2900. The average molecular weight is 586 g/mol. The van der Waals surface area contributed by atoms with E-state index in [0.717, 1.165) is 65.9 Å². The van der Waals surface area contributed by atoms with Crippen LogP contribution in [-0.4, -0.2) is 4.98 Å². The summed E-state index contributed by atoms with van der Waals surface area (Å²) >= 11 is 0. The number of rotatable bonds is 2. The van der Waals surface area contributed by atoms with Crippen molar-refractivity contribution < 1.29 is 8.83 Å². The van der Waals surface area contributed by atoms with Crippen molar-refractivity contribution in [3.63, 3.8) is 0 Å². The van der Waals surface area contributed by atoms with E-state index in [9.17, 15) is 0 Å². The van der Waals surface area contributed by atoms with Gasteiger partial charge >= 0.3 is 0 Å². The van der Waals surface area contributed by atoms with E-state index in [2.05, 4.69) is 103 Å². The van der Waals surface area contributed by atoms with Gasteiger partial charge in [0.15, 0.2) is 5.58 Å². The van der Waals surface area contributed by atoms with Crippen LogP contribution >= 0.6 is 0 Å². The number of aromatic nitrogens is 1. The van der Waals surface area contributed by atoms with Crippen LogP contribution in [-0.2, 0) is 0 Å². The molecular formula is C43H23NO2.